The van der Waals surface area contributed by atoms with Gasteiger partial charge >= 0.3 is 0 Å². The molecule has 1 saturated heterocycles. The average molecular weight is 427 g/mol. The zero-order valence-electron chi connectivity index (χ0n) is 14.6. The molecule has 1 aliphatic heterocycles. The minimum atomic E-state index is 0. The van der Waals surface area contributed by atoms with Crippen molar-refractivity contribution in [2.45, 2.75) is 33.1 Å². The lowest BCUT2D eigenvalue weighted by atomic mass is 10.1. The molecule has 0 aromatic heterocycles. The van der Waals surface area contributed by atoms with Crippen LogP contribution in [0.1, 0.15) is 33.1 Å². The monoisotopic (exact) mass is 427 g/mol. The van der Waals surface area contributed by atoms with Gasteiger partial charge in [0.25, 0.3) is 0 Å². The predicted molar refractivity (Wildman–Crippen MR) is 103 cm³/mol. The van der Waals surface area contributed by atoms with E-state index in [4.69, 9.17) is 9.47 Å². The first kappa shape index (κ1) is 21.9. The Balaban J connectivity index is 0.00000441. The van der Waals surface area contributed by atoms with Gasteiger partial charge in [-0.2, -0.15) is 0 Å². The predicted octanol–water partition coefficient (Wildman–Crippen LogP) is 2.60. The molecule has 0 spiro atoms. The third-order valence-corrected chi connectivity index (χ3v) is 3.82. The number of halogens is 1. The lowest BCUT2D eigenvalue weighted by Gasteiger charge is -2.22. The fourth-order valence-corrected chi connectivity index (χ4v) is 2.60. The van der Waals surface area contributed by atoms with E-state index in [1.54, 1.807) is 7.11 Å². The Morgan fingerprint density at radius 3 is 2.77 bits per heavy atom. The fourth-order valence-electron chi connectivity index (χ4n) is 2.60. The van der Waals surface area contributed by atoms with Gasteiger partial charge in [0.15, 0.2) is 5.96 Å². The van der Waals surface area contributed by atoms with Crippen molar-refractivity contribution in [1.82, 2.24) is 10.2 Å². The van der Waals surface area contributed by atoms with Crippen LogP contribution in [0, 0.1) is 11.8 Å². The summed E-state index contributed by atoms with van der Waals surface area (Å²) in [6, 6.07) is 0. The second-order valence-corrected chi connectivity index (χ2v) is 6.18. The molecule has 1 N–H and O–H groups in total. The Morgan fingerprint density at radius 1 is 1.36 bits per heavy atom. The molecule has 0 aliphatic carbocycles. The summed E-state index contributed by atoms with van der Waals surface area (Å²) in [5.74, 6) is 2.42. The second kappa shape index (κ2) is 13.4. The van der Waals surface area contributed by atoms with Gasteiger partial charge in [0.05, 0.1) is 19.8 Å². The first-order valence-electron chi connectivity index (χ1n) is 8.19. The lowest BCUT2D eigenvalue weighted by Crippen LogP contribution is -2.40. The van der Waals surface area contributed by atoms with Gasteiger partial charge in [0.2, 0.25) is 0 Å². The molecule has 0 aromatic carbocycles. The van der Waals surface area contributed by atoms with Crippen molar-refractivity contribution < 1.29 is 9.47 Å². The van der Waals surface area contributed by atoms with Crippen molar-refractivity contribution in [3.8, 4) is 0 Å². The van der Waals surface area contributed by atoms with E-state index in [9.17, 15) is 0 Å². The van der Waals surface area contributed by atoms with Crippen molar-refractivity contribution in [3.05, 3.63) is 0 Å². The summed E-state index contributed by atoms with van der Waals surface area (Å²) in [4.78, 5) is 6.75. The zero-order valence-corrected chi connectivity index (χ0v) is 17.0. The van der Waals surface area contributed by atoms with Crippen LogP contribution in [-0.2, 0) is 9.47 Å². The summed E-state index contributed by atoms with van der Waals surface area (Å²) in [6.45, 7) is 9.84. The quantitative estimate of drug-likeness (QED) is 0.266. The van der Waals surface area contributed by atoms with Crippen LogP contribution in [0.4, 0.5) is 0 Å². The van der Waals surface area contributed by atoms with E-state index in [2.05, 4.69) is 29.1 Å². The Morgan fingerprint density at radius 2 is 2.14 bits per heavy atom. The van der Waals surface area contributed by atoms with E-state index < -0.39 is 0 Å². The molecular formula is C16H34IN3O2. The number of ether oxygens (including phenoxy) is 2. The van der Waals surface area contributed by atoms with E-state index in [0.717, 1.165) is 38.1 Å². The highest BCUT2D eigenvalue weighted by Gasteiger charge is 2.24. The van der Waals surface area contributed by atoms with Crippen molar-refractivity contribution in [3.63, 3.8) is 0 Å². The van der Waals surface area contributed by atoms with Crippen molar-refractivity contribution in [2.24, 2.45) is 16.8 Å². The van der Waals surface area contributed by atoms with Crippen LogP contribution in [0.2, 0.25) is 0 Å². The van der Waals surface area contributed by atoms with E-state index in [-0.39, 0.29) is 24.0 Å². The van der Waals surface area contributed by atoms with Gasteiger partial charge in [-0.05, 0) is 25.2 Å². The van der Waals surface area contributed by atoms with Crippen LogP contribution in [0.5, 0.6) is 0 Å². The molecule has 22 heavy (non-hydrogen) atoms. The zero-order chi connectivity index (χ0) is 15.5. The number of nitrogens with one attached hydrogen (secondary N) is 1. The molecule has 0 amide bonds. The second-order valence-electron chi connectivity index (χ2n) is 6.18. The Labute approximate surface area is 153 Å². The van der Waals surface area contributed by atoms with Crippen molar-refractivity contribution in [1.29, 1.82) is 0 Å². The first-order chi connectivity index (χ1) is 10.2. The minimum Gasteiger partial charge on any atom is -0.382 e. The Kier molecular flexibility index (Phi) is 13.3. The number of methoxy groups -OCH3 is 1. The topological polar surface area (TPSA) is 46.1 Å². The van der Waals surface area contributed by atoms with Gasteiger partial charge in [-0.15, -0.1) is 24.0 Å². The molecule has 0 bridgehead atoms. The Hall–Kier alpha value is -0.0800. The number of likely N-dealkylation sites (tertiary alicyclic amines) is 1. The van der Waals surface area contributed by atoms with Crippen LogP contribution in [0.3, 0.4) is 0 Å². The Bertz CT molecular complexity index is 301. The maximum absolute atomic E-state index is 5.63. The molecule has 6 heteroatoms. The van der Waals surface area contributed by atoms with E-state index in [1.165, 1.54) is 19.3 Å². The molecular weight excluding hydrogens is 393 g/mol. The number of aliphatic imine (C=N–C) groups is 1. The summed E-state index contributed by atoms with van der Waals surface area (Å²) < 4.78 is 10.6. The van der Waals surface area contributed by atoms with E-state index in [1.807, 2.05) is 7.05 Å². The molecule has 1 fully saturated rings. The third-order valence-electron chi connectivity index (χ3n) is 3.82. The molecule has 1 atom stereocenters. The molecule has 0 saturated carbocycles. The van der Waals surface area contributed by atoms with Crippen LogP contribution >= 0.6 is 24.0 Å². The standard InChI is InChI=1S/C16H33N3O2.HI/c1-14(2)6-5-8-18-16(17-3)19-9-7-15(12-19)13-21-11-10-20-4;/h14-15H,5-13H2,1-4H3,(H,17,18);1H. The van der Waals surface area contributed by atoms with E-state index in [0.29, 0.717) is 19.1 Å². The van der Waals surface area contributed by atoms with Gasteiger partial charge in [-0.3, -0.25) is 4.99 Å². The van der Waals surface area contributed by atoms with Crippen molar-refractivity contribution in [2.75, 3.05) is 53.6 Å². The molecule has 5 nitrogen and oxygen atoms in total. The molecule has 1 aliphatic rings. The maximum Gasteiger partial charge on any atom is 0.193 e. The largest absolute Gasteiger partial charge is 0.382 e. The SMILES string of the molecule is CN=C(NCCCC(C)C)N1CCC(COCCOC)C1.I. The van der Waals surface area contributed by atoms with Gasteiger partial charge in [-0.25, -0.2) is 0 Å². The third kappa shape index (κ3) is 9.15. The number of hydrogen-bond acceptors (Lipinski definition) is 3. The molecule has 132 valence electrons. The highest BCUT2D eigenvalue weighted by molar-refractivity contribution is 14.0. The lowest BCUT2D eigenvalue weighted by molar-refractivity contribution is 0.0536. The molecule has 1 rings (SSSR count). The van der Waals surface area contributed by atoms with Gasteiger partial charge < -0.3 is 19.7 Å². The summed E-state index contributed by atoms with van der Waals surface area (Å²) in [5.41, 5.74) is 0. The summed E-state index contributed by atoms with van der Waals surface area (Å²) in [6.07, 6.45) is 3.65. The van der Waals surface area contributed by atoms with Crippen LogP contribution in [0.15, 0.2) is 4.99 Å². The number of guanidine groups is 1. The minimum absolute atomic E-state index is 0. The fraction of sp³-hybridized carbons (Fsp3) is 0.938. The normalized spacial score (nSPS) is 18.7. The summed E-state index contributed by atoms with van der Waals surface area (Å²) in [7, 11) is 3.57. The summed E-state index contributed by atoms with van der Waals surface area (Å²) >= 11 is 0. The van der Waals surface area contributed by atoms with Gasteiger partial charge in [0.1, 0.15) is 0 Å². The average Bonchev–Trinajstić information content (AvgIpc) is 2.92. The van der Waals surface area contributed by atoms with Crippen molar-refractivity contribution >= 4 is 29.9 Å². The smallest absolute Gasteiger partial charge is 0.193 e. The van der Waals surface area contributed by atoms with Gasteiger partial charge in [-0.1, -0.05) is 13.8 Å². The number of hydrogen-bond donors (Lipinski definition) is 1. The van der Waals surface area contributed by atoms with Crippen LogP contribution < -0.4 is 5.32 Å². The molecule has 1 unspecified atom stereocenters. The maximum atomic E-state index is 5.63. The molecule has 0 aromatic rings. The molecule has 1 heterocycles. The highest BCUT2D eigenvalue weighted by atomic mass is 127. The van der Waals surface area contributed by atoms with Crippen LogP contribution in [0.25, 0.3) is 0 Å². The number of nitrogens with zero attached hydrogens (tertiary/aromatic N) is 2. The first-order valence-corrected chi connectivity index (χ1v) is 8.19. The van der Waals surface area contributed by atoms with E-state index >= 15 is 0 Å². The van der Waals surface area contributed by atoms with Gasteiger partial charge in [0, 0.05) is 39.7 Å². The number of rotatable bonds is 9. The highest BCUT2D eigenvalue weighted by Crippen LogP contribution is 2.16. The summed E-state index contributed by atoms with van der Waals surface area (Å²) in [5, 5.41) is 3.48. The molecule has 0 radical (unpaired) electrons. The van der Waals surface area contributed by atoms with Crippen LogP contribution in [-0.4, -0.2) is 64.5 Å².